The molecule has 1 aliphatic rings. The summed E-state index contributed by atoms with van der Waals surface area (Å²) in [5.41, 5.74) is 2.46. The second-order valence-corrected chi connectivity index (χ2v) is 6.28. The van der Waals surface area contributed by atoms with E-state index in [1.165, 1.54) is 31.2 Å². The summed E-state index contributed by atoms with van der Waals surface area (Å²) in [7, 11) is 2.21. The Morgan fingerprint density at radius 3 is 2.60 bits per heavy atom. The fraction of sp³-hybridized carbons (Fsp3) is 0.706. The molecule has 0 bridgehead atoms. The van der Waals surface area contributed by atoms with E-state index in [1.54, 1.807) is 0 Å². The summed E-state index contributed by atoms with van der Waals surface area (Å²) in [6.45, 7) is 8.55. The van der Waals surface area contributed by atoms with Crippen molar-refractivity contribution in [3.8, 4) is 0 Å². The van der Waals surface area contributed by atoms with Gasteiger partial charge in [-0.3, -0.25) is 0 Å². The molecule has 3 nitrogen and oxygen atoms in total. The molecule has 1 aromatic heterocycles. The summed E-state index contributed by atoms with van der Waals surface area (Å²) in [6.07, 6.45) is 5.31. The molecular weight excluding hydrogens is 246 g/mol. The molecule has 1 fully saturated rings. The van der Waals surface area contributed by atoms with Gasteiger partial charge in [-0.2, -0.15) is 0 Å². The van der Waals surface area contributed by atoms with Crippen LogP contribution in [0.4, 0.5) is 5.82 Å². The number of hydrogen-bond acceptors (Lipinski definition) is 3. The quantitative estimate of drug-likeness (QED) is 0.891. The van der Waals surface area contributed by atoms with Gasteiger partial charge < -0.3 is 10.2 Å². The van der Waals surface area contributed by atoms with Crippen molar-refractivity contribution in [2.24, 2.45) is 5.92 Å². The maximum absolute atomic E-state index is 4.73. The number of aromatic nitrogens is 1. The number of rotatable bonds is 5. The second kappa shape index (κ2) is 7.07. The van der Waals surface area contributed by atoms with Crippen LogP contribution in [0.1, 0.15) is 50.8 Å². The van der Waals surface area contributed by atoms with Gasteiger partial charge in [0.25, 0.3) is 0 Å². The molecule has 3 heteroatoms. The van der Waals surface area contributed by atoms with Crippen LogP contribution in [0.2, 0.25) is 0 Å². The lowest BCUT2D eigenvalue weighted by Gasteiger charge is -2.34. The standard InChI is InChI=1S/C17H29N3/c1-5-18-12-15-10-14(3)19-17(11-15)20(4)16-8-6-13(2)7-9-16/h10-11,13,16,18H,5-9,12H2,1-4H3. The first-order valence-electron chi connectivity index (χ1n) is 8.01. The predicted octanol–water partition coefficient (Wildman–Crippen LogP) is 3.51. The molecule has 1 saturated carbocycles. The molecular formula is C17H29N3. The Hall–Kier alpha value is -1.09. The maximum Gasteiger partial charge on any atom is 0.129 e. The normalized spacial score (nSPS) is 22.8. The van der Waals surface area contributed by atoms with E-state index in [4.69, 9.17) is 4.98 Å². The Bertz CT molecular complexity index is 422. The van der Waals surface area contributed by atoms with Crippen molar-refractivity contribution in [1.29, 1.82) is 0 Å². The monoisotopic (exact) mass is 275 g/mol. The number of aryl methyl sites for hydroxylation is 1. The summed E-state index contributed by atoms with van der Waals surface area (Å²) in [5, 5.41) is 3.40. The lowest BCUT2D eigenvalue weighted by molar-refractivity contribution is 0.340. The summed E-state index contributed by atoms with van der Waals surface area (Å²) in [4.78, 5) is 7.13. The van der Waals surface area contributed by atoms with Crippen molar-refractivity contribution in [2.45, 2.75) is 59.0 Å². The molecule has 0 unspecified atom stereocenters. The van der Waals surface area contributed by atoms with Crippen LogP contribution < -0.4 is 10.2 Å². The largest absolute Gasteiger partial charge is 0.357 e. The Kier molecular flexibility index (Phi) is 5.41. The van der Waals surface area contributed by atoms with Crippen LogP contribution in [0.25, 0.3) is 0 Å². The molecule has 1 aromatic rings. The highest BCUT2D eigenvalue weighted by Crippen LogP contribution is 2.29. The number of anilines is 1. The lowest BCUT2D eigenvalue weighted by atomic mass is 9.87. The van der Waals surface area contributed by atoms with E-state index in [2.05, 4.69) is 50.2 Å². The predicted molar refractivity (Wildman–Crippen MR) is 86.2 cm³/mol. The fourth-order valence-electron chi connectivity index (χ4n) is 3.09. The van der Waals surface area contributed by atoms with Gasteiger partial charge in [-0.05, 0) is 62.8 Å². The molecule has 0 aliphatic heterocycles. The van der Waals surface area contributed by atoms with Gasteiger partial charge >= 0.3 is 0 Å². The van der Waals surface area contributed by atoms with E-state index >= 15 is 0 Å². The van der Waals surface area contributed by atoms with Gasteiger partial charge in [0.15, 0.2) is 0 Å². The molecule has 1 aliphatic carbocycles. The SMILES string of the molecule is CCNCc1cc(C)nc(N(C)C2CCC(C)CC2)c1. The van der Waals surface area contributed by atoms with E-state index in [-0.39, 0.29) is 0 Å². The van der Waals surface area contributed by atoms with Crippen molar-refractivity contribution < 1.29 is 0 Å². The molecule has 0 amide bonds. The van der Waals surface area contributed by atoms with Crippen LogP contribution in [0.15, 0.2) is 12.1 Å². The lowest BCUT2D eigenvalue weighted by Crippen LogP contribution is -2.35. The second-order valence-electron chi connectivity index (χ2n) is 6.28. The van der Waals surface area contributed by atoms with Gasteiger partial charge in [0.05, 0.1) is 0 Å². The zero-order chi connectivity index (χ0) is 14.5. The van der Waals surface area contributed by atoms with E-state index in [0.29, 0.717) is 6.04 Å². The van der Waals surface area contributed by atoms with Gasteiger partial charge in [0, 0.05) is 25.3 Å². The van der Waals surface area contributed by atoms with Gasteiger partial charge in [-0.25, -0.2) is 4.98 Å². The Morgan fingerprint density at radius 1 is 1.25 bits per heavy atom. The van der Waals surface area contributed by atoms with Crippen molar-refractivity contribution in [3.05, 3.63) is 23.4 Å². The first-order chi connectivity index (χ1) is 9.60. The van der Waals surface area contributed by atoms with Crippen LogP contribution >= 0.6 is 0 Å². The average Bonchev–Trinajstić information content (AvgIpc) is 2.44. The third-order valence-corrected chi connectivity index (χ3v) is 4.47. The smallest absolute Gasteiger partial charge is 0.129 e. The molecule has 0 saturated heterocycles. The average molecular weight is 275 g/mol. The number of nitrogens with one attached hydrogen (secondary N) is 1. The minimum Gasteiger partial charge on any atom is -0.357 e. The highest BCUT2D eigenvalue weighted by atomic mass is 15.2. The molecule has 0 aromatic carbocycles. The van der Waals surface area contributed by atoms with E-state index in [1.807, 2.05) is 0 Å². The minimum absolute atomic E-state index is 0.660. The third kappa shape index (κ3) is 3.95. The van der Waals surface area contributed by atoms with Gasteiger partial charge in [-0.1, -0.05) is 13.8 Å². The molecule has 0 radical (unpaired) electrons. The first-order valence-corrected chi connectivity index (χ1v) is 8.01. The van der Waals surface area contributed by atoms with Crippen LogP contribution in [-0.2, 0) is 6.54 Å². The Morgan fingerprint density at radius 2 is 1.95 bits per heavy atom. The molecule has 0 atom stereocenters. The van der Waals surface area contributed by atoms with Crippen LogP contribution in [-0.4, -0.2) is 24.6 Å². The van der Waals surface area contributed by atoms with Crippen LogP contribution in [0.5, 0.6) is 0 Å². The molecule has 20 heavy (non-hydrogen) atoms. The number of pyridine rings is 1. The summed E-state index contributed by atoms with van der Waals surface area (Å²) in [6, 6.07) is 5.09. The highest BCUT2D eigenvalue weighted by Gasteiger charge is 2.22. The van der Waals surface area contributed by atoms with Gasteiger partial charge in [0.2, 0.25) is 0 Å². The fourth-order valence-corrected chi connectivity index (χ4v) is 3.09. The third-order valence-electron chi connectivity index (χ3n) is 4.47. The molecule has 2 rings (SSSR count). The molecule has 0 spiro atoms. The topological polar surface area (TPSA) is 28.2 Å². The summed E-state index contributed by atoms with van der Waals surface area (Å²) >= 11 is 0. The van der Waals surface area contributed by atoms with Crippen molar-refractivity contribution in [1.82, 2.24) is 10.3 Å². The van der Waals surface area contributed by atoms with Crippen LogP contribution in [0, 0.1) is 12.8 Å². The molecule has 1 N–H and O–H groups in total. The Labute approximate surface area is 123 Å². The van der Waals surface area contributed by atoms with Gasteiger partial charge in [0.1, 0.15) is 5.82 Å². The van der Waals surface area contributed by atoms with E-state index in [0.717, 1.165) is 30.5 Å². The minimum atomic E-state index is 0.660. The van der Waals surface area contributed by atoms with Crippen molar-refractivity contribution >= 4 is 5.82 Å². The van der Waals surface area contributed by atoms with Crippen LogP contribution in [0.3, 0.4) is 0 Å². The molecule has 1 heterocycles. The molecule has 112 valence electrons. The maximum atomic E-state index is 4.73. The number of nitrogens with zero attached hydrogens (tertiary/aromatic N) is 2. The van der Waals surface area contributed by atoms with E-state index in [9.17, 15) is 0 Å². The Balaban J connectivity index is 2.08. The van der Waals surface area contributed by atoms with Crippen molar-refractivity contribution in [2.75, 3.05) is 18.5 Å². The first kappa shape index (κ1) is 15.3. The zero-order valence-corrected chi connectivity index (χ0v) is 13.4. The van der Waals surface area contributed by atoms with Crippen molar-refractivity contribution in [3.63, 3.8) is 0 Å². The van der Waals surface area contributed by atoms with Gasteiger partial charge in [-0.15, -0.1) is 0 Å². The number of hydrogen-bond donors (Lipinski definition) is 1. The summed E-state index contributed by atoms with van der Waals surface area (Å²) < 4.78 is 0. The summed E-state index contributed by atoms with van der Waals surface area (Å²) in [5.74, 6) is 2.03. The highest BCUT2D eigenvalue weighted by molar-refractivity contribution is 5.43. The van der Waals surface area contributed by atoms with E-state index < -0.39 is 0 Å². The zero-order valence-electron chi connectivity index (χ0n) is 13.4.